The summed E-state index contributed by atoms with van der Waals surface area (Å²) in [4.78, 5) is 2.35. The molecule has 0 heterocycles. The molecule has 1 aliphatic rings. The Bertz CT molecular complexity index is 467. The lowest BCUT2D eigenvalue weighted by atomic mass is 9.89. The Morgan fingerprint density at radius 2 is 2.05 bits per heavy atom. The molecule has 1 aromatic carbocycles. The van der Waals surface area contributed by atoms with Gasteiger partial charge in [0, 0.05) is 23.7 Å². The van der Waals surface area contributed by atoms with Crippen molar-refractivity contribution >= 4 is 17.4 Å². The third-order valence-corrected chi connectivity index (χ3v) is 4.45. The summed E-state index contributed by atoms with van der Waals surface area (Å²) in [6, 6.07) is 5.64. The molecule has 3 nitrogen and oxygen atoms in total. The van der Waals surface area contributed by atoms with Crippen LogP contribution >= 0.6 is 11.6 Å². The van der Waals surface area contributed by atoms with E-state index in [0.717, 1.165) is 24.6 Å². The van der Waals surface area contributed by atoms with Crippen molar-refractivity contribution in [3.05, 3.63) is 34.3 Å². The first-order chi connectivity index (χ1) is 9.56. The number of nitrogen functional groups attached to an aromatic ring is 1. The molecule has 0 atom stereocenters. The highest BCUT2D eigenvalue weighted by atomic mass is 35.5. The minimum Gasteiger partial charge on any atom is -0.384 e. The normalized spacial score (nSPS) is 16.6. The van der Waals surface area contributed by atoms with Crippen LogP contribution in [0.3, 0.4) is 0 Å². The highest BCUT2D eigenvalue weighted by Crippen LogP contribution is 2.25. The van der Waals surface area contributed by atoms with Crippen molar-refractivity contribution in [3.8, 4) is 0 Å². The maximum atomic E-state index is 7.42. The molecule has 0 bridgehead atoms. The molecule has 0 aromatic heterocycles. The van der Waals surface area contributed by atoms with Crippen LogP contribution < -0.4 is 5.73 Å². The van der Waals surface area contributed by atoms with Crippen molar-refractivity contribution < 1.29 is 0 Å². The summed E-state index contributed by atoms with van der Waals surface area (Å²) in [6.45, 7) is 2.00. The number of benzene rings is 1. The van der Waals surface area contributed by atoms with Gasteiger partial charge < -0.3 is 10.6 Å². The average molecular weight is 294 g/mol. The summed E-state index contributed by atoms with van der Waals surface area (Å²) in [6.07, 6.45) is 6.89. The molecule has 2 rings (SSSR count). The van der Waals surface area contributed by atoms with Crippen LogP contribution in [0, 0.1) is 11.3 Å². The molecule has 0 saturated heterocycles. The second-order valence-electron chi connectivity index (χ2n) is 5.92. The molecule has 1 aromatic rings. The Hall–Kier alpha value is -1.06. The van der Waals surface area contributed by atoms with E-state index in [-0.39, 0.29) is 5.84 Å². The molecule has 20 heavy (non-hydrogen) atoms. The number of halogens is 1. The highest BCUT2D eigenvalue weighted by Gasteiger charge is 2.16. The van der Waals surface area contributed by atoms with E-state index in [9.17, 15) is 0 Å². The maximum absolute atomic E-state index is 7.42. The molecule has 0 spiro atoms. The third-order valence-electron chi connectivity index (χ3n) is 4.10. The lowest BCUT2D eigenvalue weighted by Gasteiger charge is -2.27. The topological polar surface area (TPSA) is 53.1 Å². The zero-order valence-corrected chi connectivity index (χ0v) is 12.9. The smallest absolute Gasteiger partial charge is 0.122 e. The van der Waals surface area contributed by atoms with Crippen LogP contribution in [0.4, 0.5) is 0 Å². The molecule has 3 N–H and O–H groups in total. The van der Waals surface area contributed by atoms with E-state index >= 15 is 0 Å². The van der Waals surface area contributed by atoms with Gasteiger partial charge in [-0.05, 0) is 37.4 Å². The van der Waals surface area contributed by atoms with Gasteiger partial charge in [-0.3, -0.25) is 5.41 Å². The largest absolute Gasteiger partial charge is 0.384 e. The second-order valence-corrected chi connectivity index (χ2v) is 6.33. The van der Waals surface area contributed by atoms with E-state index < -0.39 is 0 Å². The molecular weight excluding hydrogens is 270 g/mol. The van der Waals surface area contributed by atoms with Gasteiger partial charge in [-0.2, -0.15) is 0 Å². The summed E-state index contributed by atoms with van der Waals surface area (Å²) < 4.78 is 0. The fraction of sp³-hybridized carbons (Fsp3) is 0.562. The van der Waals surface area contributed by atoms with Gasteiger partial charge in [0.1, 0.15) is 5.84 Å². The first-order valence-corrected chi connectivity index (χ1v) is 7.75. The SMILES string of the molecule is CN(Cc1ccc(C(=N)N)cc1Cl)CC1CCCCC1. The van der Waals surface area contributed by atoms with E-state index in [0.29, 0.717) is 10.6 Å². The molecule has 1 saturated carbocycles. The van der Waals surface area contributed by atoms with Gasteiger partial charge in [0.25, 0.3) is 0 Å². The van der Waals surface area contributed by atoms with Gasteiger partial charge in [-0.15, -0.1) is 0 Å². The summed E-state index contributed by atoms with van der Waals surface area (Å²) in [7, 11) is 2.16. The number of hydrogen-bond acceptors (Lipinski definition) is 2. The summed E-state index contributed by atoms with van der Waals surface area (Å²) in [5, 5.41) is 8.12. The molecule has 0 unspecified atom stereocenters. The van der Waals surface area contributed by atoms with Crippen molar-refractivity contribution in [2.45, 2.75) is 38.6 Å². The molecule has 0 radical (unpaired) electrons. The summed E-state index contributed by atoms with van der Waals surface area (Å²) >= 11 is 6.28. The highest BCUT2D eigenvalue weighted by molar-refractivity contribution is 6.31. The van der Waals surface area contributed by atoms with Gasteiger partial charge in [0.2, 0.25) is 0 Å². The molecule has 110 valence electrons. The number of nitrogens with one attached hydrogen (secondary N) is 1. The second kappa shape index (κ2) is 7.09. The summed E-state index contributed by atoms with van der Waals surface area (Å²) in [5.41, 5.74) is 7.27. The predicted octanol–water partition coefficient (Wildman–Crippen LogP) is 3.64. The van der Waals surface area contributed by atoms with Crippen LogP contribution in [-0.2, 0) is 6.54 Å². The number of rotatable bonds is 5. The molecule has 1 fully saturated rings. The Labute approximate surface area is 126 Å². The van der Waals surface area contributed by atoms with Crippen molar-refractivity contribution in [1.29, 1.82) is 5.41 Å². The quantitative estimate of drug-likeness (QED) is 0.643. The minimum absolute atomic E-state index is 0.0639. The van der Waals surface area contributed by atoms with Crippen molar-refractivity contribution in [2.75, 3.05) is 13.6 Å². The van der Waals surface area contributed by atoms with Gasteiger partial charge in [-0.1, -0.05) is 43.0 Å². The number of amidine groups is 1. The fourth-order valence-electron chi connectivity index (χ4n) is 3.01. The molecule has 0 aliphatic heterocycles. The zero-order chi connectivity index (χ0) is 14.5. The van der Waals surface area contributed by atoms with E-state index in [4.69, 9.17) is 22.7 Å². The fourth-order valence-corrected chi connectivity index (χ4v) is 3.25. The lowest BCUT2D eigenvalue weighted by molar-refractivity contribution is 0.228. The van der Waals surface area contributed by atoms with E-state index in [2.05, 4.69) is 11.9 Å². The Balaban J connectivity index is 1.93. The van der Waals surface area contributed by atoms with Gasteiger partial charge in [-0.25, -0.2) is 0 Å². The van der Waals surface area contributed by atoms with Crippen molar-refractivity contribution in [1.82, 2.24) is 4.90 Å². The van der Waals surface area contributed by atoms with E-state index in [1.165, 1.54) is 32.1 Å². The molecular formula is C16H24ClN3. The number of nitrogens with zero attached hydrogens (tertiary/aromatic N) is 1. The van der Waals surface area contributed by atoms with Crippen LogP contribution in [0.5, 0.6) is 0 Å². The van der Waals surface area contributed by atoms with Crippen LogP contribution in [0.2, 0.25) is 5.02 Å². The van der Waals surface area contributed by atoms with Crippen molar-refractivity contribution in [2.24, 2.45) is 11.7 Å². The number of hydrogen-bond donors (Lipinski definition) is 2. The van der Waals surface area contributed by atoms with E-state index in [1.807, 2.05) is 12.1 Å². The van der Waals surface area contributed by atoms with Crippen LogP contribution in [0.1, 0.15) is 43.2 Å². The van der Waals surface area contributed by atoms with Gasteiger partial charge >= 0.3 is 0 Å². The minimum atomic E-state index is 0.0639. The number of nitrogens with two attached hydrogens (primary N) is 1. The van der Waals surface area contributed by atoms with Crippen LogP contribution in [-0.4, -0.2) is 24.3 Å². The van der Waals surface area contributed by atoms with Gasteiger partial charge in [0.05, 0.1) is 0 Å². The molecule has 0 amide bonds. The van der Waals surface area contributed by atoms with E-state index in [1.54, 1.807) is 6.07 Å². The van der Waals surface area contributed by atoms with Crippen LogP contribution in [0.25, 0.3) is 0 Å². The standard InChI is InChI=1S/C16H24ClN3/c1-20(10-12-5-3-2-4-6-12)11-14-8-7-13(16(18)19)9-15(14)17/h7-9,12H,2-6,10-11H2,1H3,(H3,18,19). The summed E-state index contributed by atoms with van der Waals surface area (Å²) in [5.74, 6) is 0.901. The lowest BCUT2D eigenvalue weighted by Crippen LogP contribution is -2.26. The monoisotopic (exact) mass is 293 g/mol. The first-order valence-electron chi connectivity index (χ1n) is 7.37. The predicted molar refractivity (Wildman–Crippen MR) is 85.4 cm³/mol. The first kappa shape index (κ1) is 15.3. The Morgan fingerprint density at radius 3 is 2.65 bits per heavy atom. The molecule has 4 heteroatoms. The Morgan fingerprint density at radius 1 is 1.35 bits per heavy atom. The Kier molecular flexibility index (Phi) is 5.44. The zero-order valence-electron chi connectivity index (χ0n) is 12.2. The maximum Gasteiger partial charge on any atom is 0.122 e. The van der Waals surface area contributed by atoms with Crippen molar-refractivity contribution in [3.63, 3.8) is 0 Å². The van der Waals surface area contributed by atoms with Crippen LogP contribution in [0.15, 0.2) is 18.2 Å². The third kappa shape index (κ3) is 4.22. The molecule has 1 aliphatic carbocycles. The average Bonchev–Trinajstić information content (AvgIpc) is 2.42. The van der Waals surface area contributed by atoms with Gasteiger partial charge in [0.15, 0.2) is 0 Å².